The van der Waals surface area contributed by atoms with Crippen LogP contribution in [0.3, 0.4) is 0 Å². The van der Waals surface area contributed by atoms with Crippen LogP contribution >= 0.6 is 22.9 Å². The molecule has 25 heavy (non-hydrogen) atoms. The Bertz CT molecular complexity index is 862. The number of hydrogen-bond donors (Lipinski definition) is 1. The van der Waals surface area contributed by atoms with Gasteiger partial charge in [-0.25, -0.2) is 4.98 Å². The van der Waals surface area contributed by atoms with Gasteiger partial charge < -0.3 is 10.1 Å². The minimum Gasteiger partial charge on any atom is -0.482 e. The standard InChI is InChI=1S/C19H17ClN2O2S/c1-13-22-17(12-25-13)15-8-6-14(7-9-15)10-21-19(23)11-24-18-5-3-2-4-16(18)20/h2-9,12H,10-11H2,1H3,(H,21,23). The van der Waals surface area contributed by atoms with Crippen molar-refractivity contribution in [2.45, 2.75) is 13.5 Å². The number of hydrogen-bond acceptors (Lipinski definition) is 4. The summed E-state index contributed by atoms with van der Waals surface area (Å²) in [6, 6.07) is 15.1. The number of carbonyl (C=O) groups is 1. The number of ether oxygens (including phenoxy) is 1. The van der Waals surface area contributed by atoms with Crippen LogP contribution in [0.15, 0.2) is 53.9 Å². The molecule has 0 spiro atoms. The van der Waals surface area contributed by atoms with Gasteiger partial charge in [-0.05, 0) is 24.6 Å². The van der Waals surface area contributed by atoms with Gasteiger partial charge in [0.1, 0.15) is 5.75 Å². The molecule has 0 radical (unpaired) electrons. The highest BCUT2D eigenvalue weighted by molar-refractivity contribution is 7.09. The number of halogens is 1. The number of nitrogens with zero attached hydrogens (tertiary/aromatic N) is 1. The fraction of sp³-hybridized carbons (Fsp3) is 0.158. The molecule has 4 nitrogen and oxygen atoms in total. The van der Waals surface area contributed by atoms with Gasteiger partial charge in [0.25, 0.3) is 5.91 Å². The predicted molar refractivity (Wildman–Crippen MR) is 101 cm³/mol. The van der Waals surface area contributed by atoms with E-state index in [-0.39, 0.29) is 12.5 Å². The lowest BCUT2D eigenvalue weighted by molar-refractivity contribution is -0.123. The summed E-state index contributed by atoms with van der Waals surface area (Å²) in [6.07, 6.45) is 0. The molecule has 0 bridgehead atoms. The molecule has 1 aromatic heterocycles. The topological polar surface area (TPSA) is 51.2 Å². The van der Waals surface area contributed by atoms with Crippen molar-refractivity contribution in [3.05, 3.63) is 69.5 Å². The van der Waals surface area contributed by atoms with Gasteiger partial charge in [-0.3, -0.25) is 4.79 Å². The third kappa shape index (κ3) is 4.81. The van der Waals surface area contributed by atoms with Crippen LogP contribution in [0.25, 0.3) is 11.3 Å². The van der Waals surface area contributed by atoms with Crippen LogP contribution in [0.1, 0.15) is 10.6 Å². The molecule has 3 aromatic rings. The smallest absolute Gasteiger partial charge is 0.258 e. The van der Waals surface area contributed by atoms with Crippen molar-refractivity contribution < 1.29 is 9.53 Å². The first-order valence-corrected chi connectivity index (χ1v) is 9.03. The van der Waals surface area contributed by atoms with Gasteiger partial charge in [-0.1, -0.05) is 48.0 Å². The minimum absolute atomic E-state index is 0.0695. The molecule has 0 unspecified atom stereocenters. The number of para-hydroxylation sites is 1. The molecule has 0 fully saturated rings. The molecule has 0 aliphatic carbocycles. The summed E-state index contributed by atoms with van der Waals surface area (Å²) in [4.78, 5) is 16.4. The molecule has 128 valence electrons. The first-order chi connectivity index (χ1) is 12.1. The Morgan fingerprint density at radius 1 is 1.20 bits per heavy atom. The maximum Gasteiger partial charge on any atom is 0.258 e. The van der Waals surface area contributed by atoms with Crippen LogP contribution in [-0.4, -0.2) is 17.5 Å². The molecular formula is C19H17ClN2O2S. The van der Waals surface area contributed by atoms with E-state index in [9.17, 15) is 4.79 Å². The summed E-state index contributed by atoms with van der Waals surface area (Å²) in [5, 5.41) is 6.41. The van der Waals surface area contributed by atoms with Crippen LogP contribution in [0.4, 0.5) is 0 Å². The molecular weight excluding hydrogens is 356 g/mol. The van der Waals surface area contributed by atoms with Gasteiger partial charge in [0.05, 0.1) is 15.7 Å². The fourth-order valence-electron chi connectivity index (χ4n) is 2.25. The van der Waals surface area contributed by atoms with Crippen molar-refractivity contribution >= 4 is 28.8 Å². The van der Waals surface area contributed by atoms with Crippen molar-refractivity contribution in [2.24, 2.45) is 0 Å². The summed E-state index contributed by atoms with van der Waals surface area (Å²) < 4.78 is 5.42. The Morgan fingerprint density at radius 3 is 2.64 bits per heavy atom. The lowest BCUT2D eigenvalue weighted by Gasteiger charge is -2.09. The molecule has 6 heteroatoms. The number of aromatic nitrogens is 1. The number of rotatable bonds is 6. The van der Waals surface area contributed by atoms with Gasteiger partial charge >= 0.3 is 0 Å². The van der Waals surface area contributed by atoms with Gasteiger partial charge in [-0.15, -0.1) is 11.3 Å². The molecule has 1 heterocycles. The quantitative estimate of drug-likeness (QED) is 0.694. The van der Waals surface area contributed by atoms with Crippen molar-refractivity contribution in [3.63, 3.8) is 0 Å². The maximum atomic E-state index is 11.9. The summed E-state index contributed by atoms with van der Waals surface area (Å²) >= 11 is 7.62. The Labute approximate surface area is 155 Å². The average molecular weight is 373 g/mol. The molecule has 0 saturated heterocycles. The van der Waals surface area contributed by atoms with E-state index in [1.54, 1.807) is 23.5 Å². The van der Waals surface area contributed by atoms with Gasteiger partial charge in [0, 0.05) is 17.5 Å². The molecule has 0 atom stereocenters. The van der Waals surface area contributed by atoms with E-state index in [4.69, 9.17) is 16.3 Å². The molecule has 0 aliphatic heterocycles. The van der Waals surface area contributed by atoms with Crippen LogP contribution < -0.4 is 10.1 Å². The van der Waals surface area contributed by atoms with Crippen molar-refractivity contribution in [1.82, 2.24) is 10.3 Å². The second-order valence-electron chi connectivity index (χ2n) is 5.44. The largest absolute Gasteiger partial charge is 0.482 e. The van der Waals surface area contributed by atoms with E-state index >= 15 is 0 Å². The second-order valence-corrected chi connectivity index (χ2v) is 6.91. The molecule has 1 amide bonds. The summed E-state index contributed by atoms with van der Waals surface area (Å²) in [5.41, 5.74) is 3.06. The number of carbonyl (C=O) groups excluding carboxylic acids is 1. The SMILES string of the molecule is Cc1nc(-c2ccc(CNC(=O)COc3ccccc3Cl)cc2)cs1. The van der Waals surface area contributed by atoms with Crippen molar-refractivity contribution in [1.29, 1.82) is 0 Å². The van der Waals surface area contributed by atoms with Crippen LogP contribution in [0.2, 0.25) is 5.02 Å². The lowest BCUT2D eigenvalue weighted by Crippen LogP contribution is -2.28. The zero-order valence-corrected chi connectivity index (χ0v) is 15.2. The average Bonchev–Trinajstić information content (AvgIpc) is 3.06. The van der Waals surface area contributed by atoms with Crippen molar-refractivity contribution in [3.8, 4) is 17.0 Å². The number of benzene rings is 2. The maximum absolute atomic E-state index is 11.9. The van der Waals surface area contributed by atoms with E-state index in [2.05, 4.69) is 10.3 Å². The zero-order chi connectivity index (χ0) is 17.6. The normalized spacial score (nSPS) is 10.5. The Morgan fingerprint density at radius 2 is 1.96 bits per heavy atom. The van der Waals surface area contributed by atoms with E-state index < -0.39 is 0 Å². The van der Waals surface area contributed by atoms with E-state index in [1.807, 2.05) is 48.7 Å². The molecule has 3 rings (SSSR count). The summed E-state index contributed by atoms with van der Waals surface area (Å²) in [5.74, 6) is 0.307. The fourth-order valence-corrected chi connectivity index (χ4v) is 3.06. The van der Waals surface area contributed by atoms with Gasteiger partial charge in [-0.2, -0.15) is 0 Å². The molecule has 1 N–H and O–H groups in total. The molecule has 0 saturated carbocycles. The van der Waals surface area contributed by atoms with E-state index in [0.717, 1.165) is 21.8 Å². The number of aryl methyl sites for hydroxylation is 1. The number of amides is 1. The van der Waals surface area contributed by atoms with Crippen LogP contribution in [0.5, 0.6) is 5.75 Å². The third-order valence-corrected chi connectivity index (χ3v) is 4.64. The molecule has 0 aliphatic rings. The van der Waals surface area contributed by atoms with Crippen molar-refractivity contribution in [2.75, 3.05) is 6.61 Å². The summed E-state index contributed by atoms with van der Waals surface area (Å²) in [6.45, 7) is 2.36. The number of nitrogens with one attached hydrogen (secondary N) is 1. The second kappa shape index (κ2) is 8.14. The van der Waals surface area contributed by atoms with Crippen LogP contribution in [-0.2, 0) is 11.3 Å². The minimum atomic E-state index is -0.195. The van der Waals surface area contributed by atoms with E-state index in [1.165, 1.54) is 0 Å². The highest BCUT2D eigenvalue weighted by Crippen LogP contribution is 2.23. The monoisotopic (exact) mass is 372 g/mol. The summed E-state index contributed by atoms with van der Waals surface area (Å²) in [7, 11) is 0. The Hall–Kier alpha value is -2.37. The van der Waals surface area contributed by atoms with Crippen LogP contribution in [0, 0.1) is 6.92 Å². The number of thiazole rings is 1. The Kier molecular flexibility index (Phi) is 5.68. The predicted octanol–water partition coefficient (Wildman–Crippen LogP) is 4.47. The first kappa shape index (κ1) is 17.5. The Balaban J connectivity index is 1.49. The first-order valence-electron chi connectivity index (χ1n) is 7.77. The highest BCUT2D eigenvalue weighted by Gasteiger charge is 2.06. The van der Waals surface area contributed by atoms with Gasteiger partial charge in [0.2, 0.25) is 0 Å². The van der Waals surface area contributed by atoms with Gasteiger partial charge in [0.15, 0.2) is 6.61 Å². The molecule has 2 aromatic carbocycles. The highest BCUT2D eigenvalue weighted by atomic mass is 35.5. The third-order valence-electron chi connectivity index (χ3n) is 3.55. The zero-order valence-electron chi connectivity index (χ0n) is 13.7. The lowest BCUT2D eigenvalue weighted by atomic mass is 10.1. The van der Waals surface area contributed by atoms with E-state index in [0.29, 0.717) is 17.3 Å².